The topological polar surface area (TPSA) is 105 Å². The van der Waals surface area contributed by atoms with Crippen molar-refractivity contribution in [1.82, 2.24) is 4.90 Å². The molecule has 1 aliphatic heterocycles. The maximum absolute atomic E-state index is 14.2. The fourth-order valence-electron chi connectivity index (χ4n) is 4.91. The van der Waals surface area contributed by atoms with Crippen LogP contribution in [0.4, 0.5) is 11.4 Å². The average molecular weight is 598 g/mol. The molecule has 1 atom stereocenters. The number of rotatable bonds is 10. The van der Waals surface area contributed by atoms with Gasteiger partial charge in [-0.15, -0.1) is 0 Å². The summed E-state index contributed by atoms with van der Waals surface area (Å²) in [4.78, 5) is 56.4. The molecule has 0 bridgehead atoms. The minimum absolute atomic E-state index is 0.00549. The van der Waals surface area contributed by atoms with Crippen LogP contribution < -0.4 is 19.7 Å². The second-order valence-electron chi connectivity index (χ2n) is 9.78. The molecule has 9 nitrogen and oxygen atoms in total. The molecule has 43 heavy (non-hydrogen) atoms. The van der Waals surface area contributed by atoms with Crippen molar-refractivity contribution in [1.29, 1.82) is 0 Å². The fraction of sp³-hybridized carbons (Fsp3) is 0.152. The molecule has 3 amide bonds. The Bertz CT molecular complexity index is 1670. The number of hydrogen-bond donors (Lipinski definition) is 1. The summed E-state index contributed by atoms with van der Waals surface area (Å²) in [5.74, 6) is -1.42. The van der Waals surface area contributed by atoms with Crippen molar-refractivity contribution in [2.75, 3.05) is 31.0 Å². The summed E-state index contributed by atoms with van der Waals surface area (Å²) < 4.78 is 10.6. The predicted octanol–water partition coefficient (Wildman–Crippen LogP) is 5.30. The number of nitrogens with zero attached hydrogens (tertiary/aromatic N) is 2. The Balaban J connectivity index is 1.56. The Morgan fingerprint density at radius 1 is 0.860 bits per heavy atom. The number of fused-ring (bicyclic) bond motifs is 1. The number of halogens is 1. The van der Waals surface area contributed by atoms with Gasteiger partial charge in [0.2, 0.25) is 5.91 Å². The molecule has 1 heterocycles. The predicted molar refractivity (Wildman–Crippen MR) is 162 cm³/mol. The molecule has 0 saturated carbocycles. The van der Waals surface area contributed by atoms with Crippen LogP contribution in [0.2, 0.25) is 5.02 Å². The lowest BCUT2D eigenvalue weighted by Gasteiger charge is -2.33. The van der Waals surface area contributed by atoms with E-state index in [9.17, 15) is 19.2 Å². The molecule has 10 heteroatoms. The largest absolute Gasteiger partial charge is 0.497 e. The number of hydrogen-bond acceptors (Lipinski definition) is 6. The van der Waals surface area contributed by atoms with Gasteiger partial charge in [-0.3, -0.25) is 24.1 Å². The summed E-state index contributed by atoms with van der Waals surface area (Å²) in [5, 5.41) is 3.41. The molecule has 0 aromatic heterocycles. The molecule has 0 fully saturated rings. The van der Waals surface area contributed by atoms with E-state index in [2.05, 4.69) is 5.32 Å². The van der Waals surface area contributed by atoms with Crippen LogP contribution in [0.5, 0.6) is 11.5 Å². The molecule has 0 radical (unpaired) electrons. The lowest BCUT2D eigenvalue weighted by molar-refractivity contribution is -0.139. The van der Waals surface area contributed by atoms with Crippen LogP contribution in [0.15, 0.2) is 97.1 Å². The van der Waals surface area contributed by atoms with Crippen LogP contribution in [0, 0.1) is 0 Å². The fourth-order valence-corrected chi connectivity index (χ4v) is 5.04. The average Bonchev–Trinajstić information content (AvgIpc) is 3.27. The first-order valence-electron chi connectivity index (χ1n) is 13.4. The van der Waals surface area contributed by atoms with Gasteiger partial charge in [0.15, 0.2) is 0 Å². The maximum Gasteiger partial charge on any atom is 0.299 e. The molecule has 5 rings (SSSR count). The van der Waals surface area contributed by atoms with Crippen molar-refractivity contribution in [3.8, 4) is 11.5 Å². The Labute approximate surface area is 253 Å². The van der Waals surface area contributed by atoms with Crippen molar-refractivity contribution < 1.29 is 28.7 Å². The number of carbonyl (C=O) groups excluding carboxylic acids is 4. The summed E-state index contributed by atoms with van der Waals surface area (Å²) >= 11 is 6.11. The second kappa shape index (κ2) is 12.8. The van der Waals surface area contributed by atoms with Gasteiger partial charge in [0, 0.05) is 17.3 Å². The monoisotopic (exact) mass is 597 g/mol. The first-order valence-corrected chi connectivity index (χ1v) is 13.7. The van der Waals surface area contributed by atoms with E-state index >= 15 is 0 Å². The van der Waals surface area contributed by atoms with E-state index in [0.717, 1.165) is 4.90 Å². The van der Waals surface area contributed by atoms with E-state index < -0.39 is 36.1 Å². The van der Waals surface area contributed by atoms with Crippen LogP contribution in [0.3, 0.4) is 0 Å². The first-order chi connectivity index (χ1) is 20.8. The van der Waals surface area contributed by atoms with Crippen molar-refractivity contribution in [3.63, 3.8) is 0 Å². The van der Waals surface area contributed by atoms with Gasteiger partial charge in [0.05, 0.1) is 25.5 Å². The van der Waals surface area contributed by atoms with Gasteiger partial charge in [-0.1, -0.05) is 48.0 Å². The van der Waals surface area contributed by atoms with Gasteiger partial charge in [0.1, 0.15) is 24.1 Å². The van der Waals surface area contributed by atoms with E-state index in [4.69, 9.17) is 21.1 Å². The molecule has 1 aliphatic rings. The van der Waals surface area contributed by atoms with E-state index in [1.165, 1.54) is 12.0 Å². The summed E-state index contributed by atoms with van der Waals surface area (Å²) in [6, 6.07) is 25.9. The molecule has 4 aromatic carbocycles. The van der Waals surface area contributed by atoms with E-state index in [-0.39, 0.29) is 12.1 Å². The van der Waals surface area contributed by atoms with Gasteiger partial charge >= 0.3 is 0 Å². The lowest BCUT2D eigenvalue weighted by Crippen LogP contribution is -2.46. The van der Waals surface area contributed by atoms with Crippen molar-refractivity contribution >= 4 is 46.5 Å². The zero-order chi connectivity index (χ0) is 30.5. The number of anilines is 2. The van der Waals surface area contributed by atoms with Crippen LogP contribution in [0.1, 0.15) is 27.5 Å². The van der Waals surface area contributed by atoms with E-state index in [1.54, 1.807) is 104 Å². The number of methoxy groups -OCH3 is 2. The molecule has 1 unspecified atom stereocenters. The highest BCUT2D eigenvalue weighted by molar-refractivity contribution is 6.52. The third-order valence-electron chi connectivity index (χ3n) is 7.09. The summed E-state index contributed by atoms with van der Waals surface area (Å²) in [5.41, 5.74) is 2.25. The molecule has 0 saturated heterocycles. The van der Waals surface area contributed by atoms with Crippen LogP contribution in [-0.4, -0.2) is 49.2 Å². The molecule has 0 spiro atoms. The molecular weight excluding hydrogens is 570 g/mol. The Morgan fingerprint density at radius 3 is 2.26 bits per heavy atom. The van der Waals surface area contributed by atoms with Gasteiger partial charge in [0.25, 0.3) is 17.6 Å². The van der Waals surface area contributed by atoms with Crippen molar-refractivity contribution in [2.24, 2.45) is 0 Å². The Hall–Kier alpha value is -5.15. The molecular formula is C33H28ClN3O6. The second-order valence-corrected chi connectivity index (χ2v) is 10.2. The van der Waals surface area contributed by atoms with Crippen molar-refractivity contribution in [2.45, 2.75) is 12.6 Å². The smallest absolute Gasteiger partial charge is 0.299 e. The number of nitrogens with one attached hydrogen (secondary N) is 1. The number of ketones is 1. The maximum atomic E-state index is 14.2. The normalized spacial score (nSPS) is 12.9. The Morgan fingerprint density at radius 2 is 1.56 bits per heavy atom. The number of carbonyl (C=O) groups is 4. The zero-order valence-corrected chi connectivity index (χ0v) is 24.2. The zero-order valence-electron chi connectivity index (χ0n) is 23.5. The molecule has 218 valence electrons. The number of amides is 3. The first kappa shape index (κ1) is 29.3. The number of ether oxygens (including phenoxy) is 2. The number of para-hydroxylation sites is 1. The van der Waals surface area contributed by atoms with Crippen LogP contribution in [-0.2, 0) is 20.9 Å². The number of benzene rings is 4. The van der Waals surface area contributed by atoms with Gasteiger partial charge < -0.3 is 19.7 Å². The lowest BCUT2D eigenvalue weighted by atomic mass is 10.0. The SMILES string of the molecule is COc1ccc(NC(=O)C(c2cccc(OC)c2)N(Cc2ccc(Cl)cc2)C(=O)CN2C(=O)C(=O)c3ccccc32)cc1. The van der Waals surface area contributed by atoms with Gasteiger partial charge in [-0.05, 0) is 71.8 Å². The summed E-state index contributed by atoms with van der Waals surface area (Å²) in [7, 11) is 3.05. The molecule has 1 N–H and O–H groups in total. The van der Waals surface area contributed by atoms with Gasteiger partial charge in [-0.2, -0.15) is 0 Å². The van der Waals surface area contributed by atoms with Crippen LogP contribution >= 0.6 is 11.6 Å². The van der Waals surface area contributed by atoms with E-state index in [1.807, 2.05) is 0 Å². The third-order valence-corrected chi connectivity index (χ3v) is 7.34. The van der Waals surface area contributed by atoms with E-state index in [0.29, 0.717) is 39.0 Å². The summed E-state index contributed by atoms with van der Waals surface area (Å²) in [6.45, 7) is -0.447. The summed E-state index contributed by atoms with van der Waals surface area (Å²) in [6.07, 6.45) is 0. The Kier molecular flexibility index (Phi) is 8.73. The standard InChI is InChI=1S/C33H28ClN3O6/c1-42-25-16-14-24(15-17-25)35-32(40)30(22-6-5-7-26(18-22)43-2)37(19-21-10-12-23(34)13-11-21)29(38)20-36-28-9-4-3-8-27(28)31(39)33(36)41/h3-18,30H,19-20H2,1-2H3,(H,35,40). The van der Waals surface area contributed by atoms with Gasteiger partial charge in [-0.25, -0.2) is 0 Å². The number of Topliss-reactive ketones (excluding diaryl/α,β-unsaturated/α-hetero) is 1. The van der Waals surface area contributed by atoms with Crippen molar-refractivity contribution in [3.05, 3.63) is 119 Å². The minimum Gasteiger partial charge on any atom is -0.497 e. The quantitative estimate of drug-likeness (QED) is 0.249. The molecule has 0 aliphatic carbocycles. The van der Waals surface area contributed by atoms with Crippen LogP contribution in [0.25, 0.3) is 0 Å². The highest BCUT2D eigenvalue weighted by Crippen LogP contribution is 2.32. The highest BCUT2D eigenvalue weighted by Gasteiger charge is 2.39. The highest BCUT2D eigenvalue weighted by atomic mass is 35.5. The molecule has 4 aromatic rings. The minimum atomic E-state index is -1.15. The third kappa shape index (κ3) is 6.37.